The van der Waals surface area contributed by atoms with E-state index in [1.165, 1.54) is 42.4 Å². The van der Waals surface area contributed by atoms with E-state index in [0.29, 0.717) is 5.92 Å². The predicted octanol–water partition coefficient (Wildman–Crippen LogP) is 4.09. The summed E-state index contributed by atoms with van der Waals surface area (Å²) in [6.45, 7) is 0.255. The van der Waals surface area contributed by atoms with E-state index in [2.05, 4.69) is 12.1 Å². The maximum Gasteiger partial charge on any atom is 0.0499 e. The van der Waals surface area contributed by atoms with Crippen molar-refractivity contribution in [2.45, 2.75) is 50.9 Å². The van der Waals surface area contributed by atoms with Crippen LogP contribution in [0.4, 0.5) is 0 Å². The zero-order valence-corrected chi connectivity index (χ0v) is 11.5. The summed E-state index contributed by atoms with van der Waals surface area (Å²) in [7, 11) is 0. The standard InChI is InChI=1S/C16H21ClO/c17-16-9-15-12(5-6-13(15)10-18)8-14(16)7-11-3-1-2-4-11/h8-9,11,13,18H,1-7,10H2. The smallest absolute Gasteiger partial charge is 0.0499 e. The fourth-order valence-corrected chi connectivity index (χ4v) is 3.89. The zero-order valence-electron chi connectivity index (χ0n) is 10.8. The van der Waals surface area contributed by atoms with Crippen LogP contribution in [0.1, 0.15) is 54.7 Å². The average molecular weight is 265 g/mol. The van der Waals surface area contributed by atoms with Crippen LogP contribution in [-0.4, -0.2) is 11.7 Å². The Kier molecular flexibility index (Phi) is 3.63. The quantitative estimate of drug-likeness (QED) is 0.872. The van der Waals surface area contributed by atoms with Gasteiger partial charge in [0.1, 0.15) is 0 Å². The van der Waals surface area contributed by atoms with E-state index >= 15 is 0 Å². The number of rotatable bonds is 3. The van der Waals surface area contributed by atoms with Gasteiger partial charge in [-0.15, -0.1) is 0 Å². The highest BCUT2D eigenvalue weighted by Crippen LogP contribution is 2.38. The predicted molar refractivity (Wildman–Crippen MR) is 75.3 cm³/mol. The molecule has 98 valence electrons. The summed E-state index contributed by atoms with van der Waals surface area (Å²) in [4.78, 5) is 0. The van der Waals surface area contributed by atoms with Crippen molar-refractivity contribution in [2.75, 3.05) is 6.61 Å². The number of fused-ring (bicyclic) bond motifs is 1. The third-order valence-corrected chi connectivity index (χ3v) is 5.07. The molecule has 1 aromatic carbocycles. The Labute approximate surface area is 114 Å². The zero-order chi connectivity index (χ0) is 12.5. The van der Waals surface area contributed by atoms with Crippen LogP contribution in [0.3, 0.4) is 0 Å². The molecule has 1 saturated carbocycles. The van der Waals surface area contributed by atoms with Crippen LogP contribution in [0.2, 0.25) is 5.02 Å². The van der Waals surface area contributed by atoms with Crippen molar-refractivity contribution in [1.82, 2.24) is 0 Å². The lowest BCUT2D eigenvalue weighted by molar-refractivity contribution is 0.265. The Hall–Kier alpha value is -0.530. The second-order valence-corrected chi connectivity index (χ2v) is 6.32. The minimum atomic E-state index is 0.255. The summed E-state index contributed by atoms with van der Waals surface area (Å²) in [6, 6.07) is 4.43. The van der Waals surface area contributed by atoms with Gasteiger partial charge in [-0.3, -0.25) is 0 Å². The Balaban J connectivity index is 1.83. The fourth-order valence-electron chi connectivity index (χ4n) is 3.64. The lowest BCUT2D eigenvalue weighted by Crippen LogP contribution is -2.02. The van der Waals surface area contributed by atoms with Gasteiger partial charge in [0.25, 0.3) is 0 Å². The summed E-state index contributed by atoms with van der Waals surface area (Å²) in [5, 5.41) is 10.3. The molecular weight excluding hydrogens is 244 g/mol. The molecule has 1 aromatic rings. The summed E-state index contributed by atoms with van der Waals surface area (Å²) < 4.78 is 0. The summed E-state index contributed by atoms with van der Waals surface area (Å²) >= 11 is 6.43. The first-order chi connectivity index (χ1) is 8.78. The van der Waals surface area contributed by atoms with Crippen LogP contribution in [0.15, 0.2) is 12.1 Å². The number of benzene rings is 1. The minimum absolute atomic E-state index is 0.255. The molecule has 0 saturated heterocycles. The molecule has 1 unspecified atom stereocenters. The van der Waals surface area contributed by atoms with Crippen LogP contribution in [-0.2, 0) is 12.8 Å². The van der Waals surface area contributed by atoms with Crippen molar-refractivity contribution in [2.24, 2.45) is 5.92 Å². The van der Waals surface area contributed by atoms with E-state index in [1.54, 1.807) is 0 Å². The summed E-state index contributed by atoms with van der Waals surface area (Å²) in [6.07, 6.45) is 8.85. The van der Waals surface area contributed by atoms with Crippen LogP contribution < -0.4 is 0 Å². The van der Waals surface area contributed by atoms with E-state index in [0.717, 1.165) is 30.2 Å². The average Bonchev–Trinajstić information content (AvgIpc) is 2.99. The van der Waals surface area contributed by atoms with Crippen molar-refractivity contribution in [3.05, 3.63) is 33.8 Å². The molecule has 0 amide bonds. The SMILES string of the molecule is OCC1CCc2cc(CC3CCCC3)c(Cl)cc21. The summed E-state index contributed by atoms with van der Waals surface area (Å²) in [5.74, 6) is 1.16. The van der Waals surface area contributed by atoms with E-state index in [-0.39, 0.29) is 6.61 Å². The summed E-state index contributed by atoms with van der Waals surface area (Å²) in [5.41, 5.74) is 4.05. The second kappa shape index (κ2) is 5.22. The molecule has 0 aliphatic heterocycles. The Morgan fingerprint density at radius 2 is 1.94 bits per heavy atom. The van der Waals surface area contributed by atoms with Crippen LogP contribution >= 0.6 is 11.6 Å². The van der Waals surface area contributed by atoms with Gasteiger partial charge >= 0.3 is 0 Å². The first kappa shape index (κ1) is 12.5. The molecule has 2 aliphatic rings. The van der Waals surface area contributed by atoms with Gasteiger partial charge in [0.15, 0.2) is 0 Å². The van der Waals surface area contributed by atoms with Gasteiger partial charge in [-0.05, 0) is 47.9 Å². The topological polar surface area (TPSA) is 20.2 Å². The van der Waals surface area contributed by atoms with E-state index in [9.17, 15) is 5.11 Å². The molecule has 0 heterocycles. The molecule has 0 aromatic heterocycles. The third-order valence-electron chi connectivity index (χ3n) is 4.71. The number of hydrogen-bond donors (Lipinski definition) is 1. The highest BCUT2D eigenvalue weighted by molar-refractivity contribution is 6.31. The second-order valence-electron chi connectivity index (χ2n) is 5.92. The van der Waals surface area contributed by atoms with Gasteiger partial charge in [0.2, 0.25) is 0 Å². The van der Waals surface area contributed by atoms with Crippen LogP contribution in [0, 0.1) is 5.92 Å². The molecule has 0 bridgehead atoms. The highest BCUT2D eigenvalue weighted by atomic mass is 35.5. The minimum Gasteiger partial charge on any atom is -0.396 e. The number of aliphatic hydroxyl groups excluding tert-OH is 1. The molecule has 0 radical (unpaired) electrons. The van der Waals surface area contributed by atoms with Crippen LogP contribution in [0.5, 0.6) is 0 Å². The Bertz CT molecular complexity index is 435. The van der Waals surface area contributed by atoms with Crippen molar-refractivity contribution in [3.8, 4) is 0 Å². The van der Waals surface area contributed by atoms with E-state index in [4.69, 9.17) is 11.6 Å². The Morgan fingerprint density at radius 3 is 2.67 bits per heavy atom. The van der Waals surface area contributed by atoms with Crippen molar-refractivity contribution in [1.29, 1.82) is 0 Å². The molecule has 0 spiro atoms. The first-order valence-corrected chi connectivity index (χ1v) is 7.57. The normalized spacial score (nSPS) is 23.6. The van der Waals surface area contributed by atoms with Crippen molar-refractivity contribution >= 4 is 11.6 Å². The lowest BCUT2D eigenvalue weighted by Gasteiger charge is -2.14. The molecule has 2 heteroatoms. The highest BCUT2D eigenvalue weighted by Gasteiger charge is 2.24. The van der Waals surface area contributed by atoms with Gasteiger partial charge in [-0.2, -0.15) is 0 Å². The van der Waals surface area contributed by atoms with Crippen LogP contribution in [0.25, 0.3) is 0 Å². The van der Waals surface area contributed by atoms with E-state index in [1.807, 2.05) is 0 Å². The maximum absolute atomic E-state index is 9.36. The van der Waals surface area contributed by atoms with Gasteiger partial charge in [-0.1, -0.05) is 43.4 Å². The molecule has 1 nitrogen and oxygen atoms in total. The van der Waals surface area contributed by atoms with Gasteiger partial charge in [0, 0.05) is 17.5 Å². The molecule has 1 fully saturated rings. The number of aliphatic hydroxyl groups is 1. The Morgan fingerprint density at radius 1 is 1.17 bits per heavy atom. The maximum atomic E-state index is 9.36. The molecular formula is C16H21ClO. The largest absolute Gasteiger partial charge is 0.396 e. The fraction of sp³-hybridized carbons (Fsp3) is 0.625. The lowest BCUT2D eigenvalue weighted by atomic mass is 9.94. The monoisotopic (exact) mass is 264 g/mol. The van der Waals surface area contributed by atoms with Crippen molar-refractivity contribution in [3.63, 3.8) is 0 Å². The van der Waals surface area contributed by atoms with E-state index < -0.39 is 0 Å². The molecule has 18 heavy (non-hydrogen) atoms. The molecule has 3 rings (SSSR count). The van der Waals surface area contributed by atoms with Gasteiger partial charge in [0.05, 0.1) is 0 Å². The van der Waals surface area contributed by atoms with Crippen molar-refractivity contribution < 1.29 is 5.11 Å². The van der Waals surface area contributed by atoms with Gasteiger partial charge < -0.3 is 5.11 Å². The number of halogens is 1. The first-order valence-electron chi connectivity index (χ1n) is 7.20. The molecule has 1 atom stereocenters. The van der Waals surface area contributed by atoms with Gasteiger partial charge in [-0.25, -0.2) is 0 Å². The number of aryl methyl sites for hydroxylation is 1. The third kappa shape index (κ3) is 2.31. The molecule has 2 aliphatic carbocycles. The number of hydrogen-bond acceptors (Lipinski definition) is 1. The molecule has 1 N–H and O–H groups in total.